The minimum atomic E-state index is -0.656. The van der Waals surface area contributed by atoms with Gasteiger partial charge in [0, 0.05) is 47.8 Å². The molecule has 13 aromatic rings. The largest absolute Gasteiger partial charge is 0.309 e. The molecule has 4 nitrogen and oxygen atoms in total. The first-order valence-corrected chi connectivity index (χ1v) is 24.7. The molecule has 1 spiro atoms. The third-order valence-electron chi connectivity index (χ3n) is 14.8. The standard InChI is InChI=1S/C65H40N4S/c1-4-18-41(19-5-1)54-40-55(42-20-6-2-7-21-42)67-64(66-54)69-58-30-16-14-28-51(58)65(50-27-13-10-25-47(50)62-53(65)35-37-61-63(62)48-26-12-17-31-60(48)70-61)52-34-32-44(39-59(52)69)43-33-36-57-49(38-43)46-24-11-15-29-56(46)68(57)45-22-8-3-9-23-45/h1-40H. The van der Waals surface area contributed by atoms with Crippen molar-refractivity contribution in [3.63, 3.8) is 0 Å². The molecule has 1 atom stereocenters. The maximum Gasteiger partial charge on any atom is 0.235 e. The lowest BCUT2D eigenvalue weighted by Gasteiger charge is -2.44. The fourth-order valence-corrected chi connectivity index (χ4v) is 13.0. The van der Waals surface area contributed by atoms with Gasteiger partial charge in [0.25, 0.3) is 0 Å². The first-order chi connectivity index (χ1) is 34.7. The van der Waals surface area contributed by atoms with Gasteiger partial charge in [0.1, 0.15) is 0 Å². The van der Waals surface area contributed by atoms with Crippen molar-refractivity contribution >= 4 is 70.6 Å². The van der Waals surface area contributed by atoms with Crippen LogP contribution in [0.4, 0.5) is 17.3 Å². The van der Waals surface area contributed by atoms with E-state index in [0.717, 1.165) is 50.7 Å². The van der Waals surface area contributed by atoms with E-state index in [1.54, 1.807) is 0 Å². The molecule has 0 amide bonds. The average molecular weight is 909 g/mol. The summed E-state index contributed by atoms with van der Waals surface area (Å²) < 4.78 is 4.99. The highest BCUT2D eigenvalue weighted by molar-refractivity contribution is 7.26. The molecule has 0 saturated carbocycles. The molecule has 0 saturated heterocycles. The van der Waals surface area contributed by atoms with Gasteiger partial charge < -0.3 is 4.57 Å². The van der Waals surface area contributed by atoms with Gasteiger partial charge in [-0.2, -0.15) is 0 Å². The van der Waals surface area contributed by atoms with Crippen molar-refractivity contribution in [3.8, 4) is 50.5 Å². The molecule has 1 unspecified atom stereocenters. The summed E-state index contributed by atoms with van der Waals surface area (Å²) in [4.78, 5) is 13.4. The van der Waals surface area contributed by atoms with Crippen molar-refractivity contribution in [2.75, 3.05) is 4.90 Å². The van der Waals surface area contributed by atoms with Crippen molar-refractivity contribution in [3.05, 3.63) is 265 Å². The van der Waals surface area contributed by atoms with Crippen molar-refractivity contribution in [2.24, 2.45) is 0 Å². The Morgan fingerprint density at radius 3 is 1.74 bits per heavy atom. The minimum Gasteiger partial charge on any atom is -0.309 e. The van der Waals surface area contributed by atoms with E-state index in [4.69, 9.17) is 9.97 Å². The molecule has 70 heavy (non-hydrogen) atoms. The molecule has 5 heteroatoms. The van der Waals surface area contributed by atoms with Gasteiger partial charge in [-0.05, 0) is 105 Å². The number of thiophene rings is 1. The molecule has 10 aromatic carbocycles. The third-order valence-corrected chi connectivity index (χ3v) is 15.9. The summed E-state index contributed by atoms with van der Waals surface area (Å²) in [6.45, 7) is 0. The van der Waals surface area contributed by atoms with Crippen LogP contribution in [-0.4, -0.2) is 14.5 Å². The Balaban J connectivity index is 1.04. The van der Waals surface area contributed by atoms with Crippen LogP contribution in [0.1, 0.15) is 22.3 Å². The Bertz CT molecular complexity index is 4190. The molecular formula is C65H40N4S. The van der Waals surface area contributed by atoms with Crippen LogP contribution in [0.5, 0.6) is 0 Å². The van der Waals surface area contributed by atoms with Crippen LogP contribution in [0.2, 0.25) is 0 Å². The lowest BCUT2D eigenvalue weighted by molar-refractivity contribution is 0.750. The minimum absolute atomic E-state index is 0.619. The lowest BCUT2D eigenvalue weighted by Crippen LogP contribution is -2.36. The number of hydrogen-bond acceptors (Lipinski definition) is 4. The summed E-state index contributed by atoms with van der Waals surface area (Å²) in [5, 5.41) is 5.07. The van der Waals surface area contributed by atoms with E-state index in [2.05, 4.69) is 252 Å². The SMILES string of the molecule is c1ccc(-c2cc(-c3ccccc3)nc(N3c4ccccc4C4(c5ccccc5-c5c4ccc4sc6ccccc6c54)c4ccc(-c5ccc6c(c5)c5ccccc5n6-c5ccccc5)cc43)n2)cc1. The second-order valence-electron chi connectivity index (χ2n) is 18.4. The maximum atomic E-state index is 5.54. The Hall–Kier alpha value is -8.90. The maximum absolute atomic E-state index is 5.54. The van der Waals surface area contributed by atoms with Crippen LogP contribution in [0.25, 0.3) is 92.4 Å². The van der Waals surface area contributed by atoms with E-state index >= 15 is 0 Å². The number of para-hydroxylation sites is 3. The van der Waals surface area contributed by atoms with Crippen molar-refractivity contribution < 1.29 is 0 Å². The monoisotopic (exact) mass is 908 g/mol. The van der Waals surface area contributed by atoms with Crippen LogP contribution in [-0.2, 0) is 5.41 Å². The van der Waals surface area contributed by atoms with Gasteiger partial charge in [0.15, 0.2) is 0 Å². The van der Waals surface area contributed by atoms with Crippen LogP contribution < -0.4 is 4.90 Å². The zero-order valence-corrected chi connectivity index (χ0v) is 38.6. The molecule has 2 aliphatic rings. The van der Waals surface area contributed by atoms with Gasteiger partial charge in [-0.25, -0.2) is 9.97 Å². The predicted octanol–water partition coefficient (Wildman–Crippen LogP) is 17.1. The molecule has 0 radical (unpaired) electrons. The predicted molar refractivity (Wildman–Crippen MR) is 291 cm³/mol. The van der Waals surface area contributed by atoms with Gasteiger partial charge in [-0.3, -0.25) is 4.90 Å². The van der Waals surface area contributed by atoms with E-state index in [1.165, 1.54) is 75.4 Å². The van der Waals surface area contributed by atoms with Gasteiger partial charge >= 0.3 is 0 Å². The Kier molecular flexibility index (Phi) is 8.41. The van der Waals surface area contributed by atoms with Crippen molar-refractivity contribution in [2.45, 2.75) is 5.41 Å². The first kappa shape index (κ1) is 39.1. The highest BCUT2D eigenvalue weighted by Crippen LogP contribution is 2.65. The highest BCUT2D eigenvalue weighted by atomic mass is 32.1. The van der Waals surface area contributed by atoms with E-state index in [-0.39, 0.29) is 0 Å². The Morgan fingerprint density at radius 1 is 0.371 bits per heavy atom. The summed E-state index contributed by atoms with van der Waals surface area (Å²) in [6.07, 6.45) is 0. The summed E-state index contributed by atoms with van der Waals surface area (Å²) in [7, 11) is 0. The quantitative estimate of drug-likeness (QED) is 0.173. The van der Waals surface area contributed by atoms with Gasteiger partial charge in [0.05, 0.1) is 39.2 Å². The molecule has 3 aromatic heterocycles. The van der Waals surface area contributed by atoms with Crippen molar-refractivity contribution in [1.29, 1.82) is 0 Å². The fourth-order valence-electron chi connectivity index (χ4n) is 11.9. The number of benzene rings is 10. The van der Waals surface area contributed by atoms with E-state index in [0.29, 0.717) is 5.95 Å². The number of aromatic nitrogens is 3. The number of anilines is 3. The highest BCUT2D eigenvalue weighted by Gasteiger charge is 2.52. The lowest BCUT2D eigenvalue weighted by atomic mass is 9.64. The third kappa shape index (κ3) is 5.52. The second kappa shape index (κ2) is 15.1. The molecule has 0 N–H and O–H groups in total. The van der Waals surface area contributed by atoms with Gasteiger partial charge in [0.2, 0.25) is 5.95 Å². The second-order valence-corrected chi connectivity index (χ2v) is 19.5. The van der Waals surface area contributed by atoms with Gasteiger partial charge in [-0.15, -0.1) is 11.3 Å². The molecular weight excluding hydrogens is 869 g/mol. The van der Waals surface area contributed by atoms with E-state index in [1.807, 2.05) is 11.3 Å². The number of rotatable bonds is 5. The topological polar surface area (TPSA) is 34.0 Å². The normalized spacial score (nSPS) is 14.6. The summed E-state index contributed by atoms with van der Waals surface area (Å²) in [5.41, 5.74) is 18.6. The molecule has 1 aliphatic heterocycles. The van der Waals surface area contributed by atoms with Crippen LogP contribution in [0.3, 0.4) is 0 Å². The van der Waals surface area contributed by atoms with Crippen LogP contribution in [0, 0.1) is 0 Å². The van der Waals surface area contributed by atoms with Crippen LogP contribution in [0.15, 0.2) is 243 Å². The molecule has 326 valence electrons. The zero-order valence-electron chi connectivity index (χ0n) is 37.8. The van der Waals surface area contributed by atoms with Gasteiger partial charge in [-0.1, -0.05) is 182 Å². The summed E-state index contributed by atoms with van der Waals surface area (Å²) >= 11 is 1.88. The van der Waals surface area contributed by atoms with Crippen LogP contribution >= 0.6 is 11.3 Å². The Morgan fingerprint density at radius 2 is 0.957 bits per heavy atom. The number of nitrogens with zero attached hydrogens (tertiary/aromatic N) is 4. The first-order valence-electron chi connectivity index (χ1n) is 23.9. The summed E-state index contributed by atoms with van der Waals surface area (Å²) in [6, 6.07) is 88.5. The van der Waals surface area contributed by atoms with E-state index in [9.17, 15) is 0 Å². The van der Waals surface area contributed by atoms with Crippen molar-refractivity contribution in [1.82, 2.24) is 14.5 Å². The molecule has 1 aliphatic carbocycles. The average Bonchev–Trinajstić information content (AvgIpc) is 4.08. The summed E-state index contributed by atoms with van der Waals surface area (Å²) in [5.74, 6) is 0.619. The molecule has 0 fully saturated rings. The fraction of sp³-hybridized carbons (Fsp3) is 0.0154. The number of fused-ring (bicyclic) bond motifs is 16. The van der Waals surface area contributed by atoms with E-state index < -0.39 is 5.41 Å². The Labute approximate surface area is 408 Å². The number of hydrogen-bond donors (Lipinski definition) is 0. The zero-order chi connectivity index (χ0) is 45.9. The molecule has 15 rings (SSSR count). The smallest absolute Gasteiger partial charge is 0.235 e. The molecule has 0 bridgehead atoms. The molecule has 4 heterocycles.